The largest absolute Gasteiger partial charge is 0.415 e. The Morgan fingerprint density at radius 3 is 2.93 bits per heavy atom. The number of hydrogen-bond acceptors (Lipinski definition) is 6. The zero-order chi connectivity index (χ0) is 11.1. The van der Waals surface area contributed by atoms with E-state index in [9.17, 15) is 9.59 Å². The summed E-state index contributed by atoms with van der Waals surface area (Å²) in [6.07, 6.45) is 2.30. The van der Waals surface area contributed by atoms with Crippen molar-refractivity contribution in [2.45, 2.75) is 13.3 Å². The minimum atomic E-state index is -0.871. The van der Waals surface area contributed by atoms with E-state index in [2.05, 4.69) is 25.2 Å². The second-order valence-electron chi connectivity index (χ2n) is 2.60. The van der Waals surface area contributed by atoms with Crippen molar-refractivity contribution >= 4 is 12.1 Å². The van der Waals surface area contributed by atoms with Gasteiger partial charge in [-0.25, -0.2) is 14.6 Å². The third-order valence-corrected chi connectivity index (χ3v) is 1.39. The van der Waals surface area contributed by atoms with Crippen LogP contribution in [0.3, 0.4) is 0 Å². The molecule has 0 atom stereocenters. The Balaban J connectivity index is 2.46. The van der Waals surface area contributed by atoms with Gasteiger partial charge < -0.3 is 10.1 Å². The van der Waals surface area contributed by atoms with Gasteiger partial charge in [0.2, 0.25) is 0 Å². The molecule has 1 aromatic rings. The standard InChI is InChI=1S/C8H10N4O3/c1-2-3-10-8(14)15-7(13)6-4-9-5-11-12-6/h4-5H,2-3H2,1H3,(H,10,14). The van der Waals surface area contributed by atoms with Crippen molar-refractivity contribution in [2.75, 3.05) is 6.54 Å². The van der Waals surface area contributed by atoms with E-state index in [-0.39, 0.29) is 5.69 Å². The second-order valence-corrected chi connectivity index (χ2v) is 2.60. The number of aromatic nitrogens is 3. The summed E-state index contributed by atoms with van der Waals surface area (Å²) in [6.45, 7) is 2.33. The number of carbonyl (C=O) groups excluding carboxylic acids is 2. The first-order chi connectivity index (χ1) is 7.24. The van der Waals surface area contributed by atoms with E-state index >= 15 is 0 Å². The molecule has 0 spiro atoms. The number of ether oxygens (including phenoxy) is 1. The fourth-order valence-electron chi connectivity index (χ4n) is 0.741. The number of amides is 1. The highest BCUT2D eigenvalue weighted by Gasteiger charge is 2.13. The van der Waals surface area contributed by atoms with Gasteiger partial charge in [0.15, 0.2) is 5.69 Å². The highest BCUT2D eigenvalue weighted by Crippen LogP contribution is 1.93. The van der Waals surface area contributed by atoms with Crippen molar-refractivity contribution in [3.8, 4) is 0 Å². The molecule has 0 aliphatic heterocycles. The highest BCUT2D eigenvalue weighted by molar-refractivity contribution is 5.94. The van der Waals surface area contributed by atoms with Crippen LogP contribution in [0.4, 0.5) is 4.79 Å². The highest BCUT2D eigenvalue weighted by atomic mass is 16.6. The molecule has 1 amide bonds. The molecule has 1 N–H and O–H groups in total. The van der Waals surface area contributed by atoms with Crippen LogP contribution in [0, 0.1) is 0 Å². The minimum Gasteiger partial charge on any atom is -0.371 e. The number of esters is 1. The van der Waals surface area contributed by atoms with E-state index in [1.54, 1.807) is 0 Å². The fourth-order valence-corrected chi connectivity index (χ4v) is 0.741. The van der Waals surface area contributed by atoms with Crippen molar-refractivity contribution in [2.24, 2.45) is 0 Å². The number of nitrogens with one attached hydrogen (secondary N) is 1. The van der Waals surface area contributed by atoms with Gasteiger partial charge in [0.25, 0.3) is 0 Å². The van der Waals surface area contributed by atoms with Crippen LogP contribution in [-0.2, 0) is 4.74 Å². The number of nitrogens with zero attached hydrogens (tertiary/aromatic N) is 3. The smallest absolute Gasteiger partial charge is 0.371 e. The van der Waals surface area contributed by atoms with Gasteiger partial charge >= 0.3 is 12.1 Å². The zero-order valence-electron chi connectivity index (χ0n) is 8.14. The molecule has 0 fully saturated rings. The molecule has 1 rings (SSSR count). The molecular formula is C8H10N4O3. The molecule has 1 aromatic heterocycles. The molecular weight excluding hydrogens is 200 g/mol. The van der Waals surface area contributed by atoms with Gasteiger partial charge in [-0.05, 0) is 6.42 Å². The Morgan fingerprint density at radius 1 is 1.53 bits per heavy atom. The number of alkyl carbamates (subject to hydrolysis) is 1. The van der Waals surface area contributed by atoms with Crippen molar-refractivity contribution in [3.05, 3.63) is 18.2 Å². The molecule has 0 bridgehead atoms. The predicted molar refractivity (Wildman–Crippen MR) is 48.9 cm³/mol. The minimum absolute atomic E-state index is 0.107. The molecule has 0 aromatic carbocycles. The first-order valence-electron chi connectivity index (χ1n) is 4.36. The van der Waals surface area contributed by atoms with Gasteiger partial charge in [0.05, 0.1) is 6.20 Å². The summed E-state index contributed by atoms with van der Waals surface area (Å²) in [5.74, 6) is -0.871. The predicted octanol–water partition coefficient (Wildman–Crippen LogP) is 0.148. The van der Waals surface area contributed by atoms with E-state index in [4.69, 9.17) is 0 Å². The Hall–Kier alpha value is -2.05. The third-order valence-electron chi connectivity index (χ3n) is 1.39. The summed E-state index contributed by atoms with van der Waals surface area (Å²) in [6, 6.07) is 0. The van der Waals surface area contributed by atoms with Gasteiger partial charge in [-0.2, -0.15) is 0 Å². The quantitative estimate of drug-likeness (QED) is 0.563. The first kappa shape index (κ1) is 11.0. The van der Waals surface area contributed by atoms with E-state index in [1.807, 2.05) is 6.92 Å². The van der Waals surface area contributed by atoms with Gasteiger partial charge in [-0.1, -0.05) is 6.92 Å². The van der Waals surface area contributed by atoms with E-state index in [1.165, 1.54) is 12.5 Å². The summed E-state index contributed by atoms with van der Waals surface area (Å²) in [4.78, 5) is 25.7. The van der Waals surface area contributed by atoms with Crippen molar-refractivity contribution in [3.63, 3.8) is 0 Å². The summed E-state index contributed by atoms with van der Waals surface area (Å²) >= 11 is 0. The second kappa shape index (κ2) is 5.63. The van der Waals surface area contributed by atoms with E-state index < -0.39 is 12.1 Å². The lowest BCUT2D eigenvalue weighted by Crippen LogP contribution is -2.27. The number of rotatable bonds is 3. The average Bonchev–Trinajstić information content (AvgIpc) is 2.27. The third kappa shape index (κ3) is 3.67. The monoisotopic (exact) mass is 210 g/mol. The fraction of sp³-hybridized carbons (Fsp3) is 0.375. The van der Waals surface area contributed by atoms with Crippen molar-refractivity contribution in [1.29, 1.82) is 0 Å². The lowest BCUT2D eigenvalue weighted by Gasteiger charge is -2.02. The number of hydrogen-bond donors (Lipinski definition) is 1. The molecule has 0 aliphatic rings. The summed E-state index contributed by atoms with van der Waals surface area (Å²) in [7, 11) is 0. The van der Waals surface area contributed by atoms with Crippen LogP contribution in [-0.4, -0.2) is 33.8 Å². The Morgan fingerprint density at radius 2 is 2.33 bits per heavy atom. The topological polar surface area (TPSA) is 94.1 Å². The van der Waals surface area contributed by atoms with Crippen LogP contribution in [0.5, 0.6) is 0 Å². The maximum absolute atomic E-state index is 11.2. The summed E-state index contributed by atoms with van der Waals surface area (Å²) < 4.78 is 4.41. The zero-order valence-corrected chi connectivity index (χ0v) is 8.14. The van der Waals surface area contributed by atoms with Crippen LogP contribution in [0.2, 0.25) is 0 Å². The molecule has 7 heteroatoms. The molecule has 1 heterocycles. The molecule has 0 saturated carbocycles. The van der Waals surface area contributed by atoms with Crippen molar-refractivity contribution < 1.29 is 14.3 Å². The molecule has 0 unspecified atom stereocenters. The molecule has 15 heavy (non-hydrogen) atoms. The van der Waals surface area contributed by atoms with Gasteiger partial charge in [0, 0.05) is 6.54 Å². The molecule has 80 valence electrons. The van der Waals surface area contributed by atoms with Crippen LogP contribution >= 0.6 is 0 Å². The van der Waals surface area contributed by atoms with Crippen LogP contribution in [0.15, 0.2) is 12.5 Å². The van der Waals surface area contributed by atoms with E-state index in [0.717, 1.165) is 6.42 Å². The Kier molecular flexibility index (Phi) is 4.14. The lowest BCUT2D eigenvalue weighted by molar-refractivity contribution is 0.0614. The van der Waals surface area contributed by atoms with Gasteiger partial charge in [-0.3, -0.25) is 0 Å². The first-order valence-corrected chi connectivity index (χ1v) is 4.36. The molecule has 0 saturated heterocycles. The normalized spacial score (nSPS) is 9.40. The van der Waals surface area contributed by atoms with E-state index in [0.29, 0.717) is 6.54 Å². The van der Waals surface area contributed by atoms with Crippen LogP contribution in [0.1, 0.15) is 23.8 Å². The SMILES string of the molecule is CCCNC(=O)OC(=O)c1cncnn1. The maximum Gasteiger partial charge on any atom is 0.415 e. The lowest BCUT2D eigenvalue weighted by atomic mass is 10.5. The Labute approximate surface area is 85.9 Å². The van der Waals surface area contributed by atoms with Crippen LogP contribution in [0.25, 0.3) is 0 Å². The van der Waals surface area contributed by atoms with Crippen molar-refractivity contribution in [1.82, 2.24) is 20.5 Å². The molecule has 0 aliphatic carbocycles. The maximum atomic E-state index is 11.2. The van der Waals surface area contributed by atoms with Gasteiger partial charge in [-0.15, -0.1) is 10.2 Å². The number of carbonyl (C=O) groups is 2. The molecule has 7 nitrogen and oxygen atoms in total. The molecule has 0 radical (unpaired) electrons. The van der Waals surface area contributed by atoms with Gasteiger partial charge in [0.1, 0.15) is 6.33 Å². The Bertz CT molecular complexity index is 341. The average molecular weight is 210 g/mol. The summed E-state index contributed by atoms with van der Waals surface area (Å²) in [5, 5.41) is 9.21. The van der Waals surface area contributed by atoms with Crippen LogP contribution < -0.4 is 5.32 Å². The summed E-state index contributed by atoms with van der Waals surface area (Å²) in [5.41, 5.74) is -0.107.